The fourth-order valence-electron chi connectivity index (χ4n) is 2.24. The Bertz CT molecular complexity index is 889. The summed E-state index contributed by atoms with van der Waals surface area (Å²) in [5.74, 6) is -0.647. The Morgan fingerprint density at radius 2 is 1.89 bits per heavy atom. The molecule has 0 saturated carbocycles. The number of rotatable bonds is 5. The highest BCUT2D eigenvalue weighted by molar-refractivity contribution is 6.31. The monoisotopic (exact) mass is 393 g/mol. The summed E-state index contributed by atoms with van der Waals surface area (Å²) in [4.78, 5) is 12.2. The van der Waals surface area contributed by atoms with Crippen LogP contribution in [0.1, 0.15) is 24.1 Å². The SMILES string of the molecule is CC(NC(=O)/C(C#N)=C\Nc1ccc(Cl)c(C(F)(F)F)c1)c1ccccc1. The first-order valence-electron chi connectivity index (χ1n) is 7.81. The molecule has 2 aromatic rings. The van der Waals surface area contributed by atoms with Crippen molar-refractivity contribution in [3.8, 4) is 6.07 Å². The van der Waals surface area contributed by atoms with Crippen molar-refractivity contribution in [2.75, 3.05) is 5.32 Å². The van der Waals surface area contributed by atoms with Crippen LogP contribution in [-0.4, -0.2) is 5.91 Å². The Labute approximate surface area is 159 Å². The number of hydrogen-bond acceptors (Lipinski definition) is 3. The summed E-state index contributed by atoms with van der Waals surface area (Å²) in [6, 6.07) is 13.7. The van der Waals surface area contributed by atoms with Crippen molar-refractivity contribution in [3.05, 3.63) is 76.5 Å². The first kappa shape index (κ1) is 20.3. The zero-order valence-corrected chi connectivity index (χ0v) is 14.9. The van der Waals surface area contributed by atoms with Crippen molar-refractivity contribution >= 4 is 23.2 Å². The van der Waals surface area contributed by atoms with Crippen molar-refractivity contribution < 1.29 is 18.0 Å². The number of anilines is 1. The largest absolute Gasteiger partial charge is 0.417 e. The van der Waals surface area contributed by atoms with E-state index >= 15 is 0 Å². The lowest BCUT2D eigenvalue weighted by Gasteiger charge is -2.14. The predicted molar refractivity (Wildman–Crippen MR) is 96.8 cm³/mol. The molecule has 0 aliphatic carbocycles. The minimum Gasteiger partial charge on any atom is -0.360 e. The third-order valence-electron chi connectivity index (χ3n) is 3.67. The molecule has 1 unspecified atom stereocenters. The molecular formula is C19H15ClF3N3O. The molecule has 8 heteroatoms. The van der Waals surface area contributed by atoms with Crippen molar-refractivity contribution in [1.29, 1.82) is 5.26 Å². The van der Waals surface area contributed by atoms with Crippen LogP contribution in [0.4, 0.5) is 18.9 Å². The summed E-state index contributed by atoms with van der Waals surface area (Å²) in [6.07, 6.45) is -3.56. The summed E-state index contributed by atoms with van der Waals surface area (Å²) in [7, 11) is 0. The van der Waals surface area contributed by atoms with Crippen LogP contribution in [0.2, 0.25) is 5.02 Å². The average Bonchev–Trinajstić information content (AvgIpc) is 2.63. The zero-order chi connectivity index (χ0) is 20.0. The maximum atomic E-state index is 12.9. The Hall–Kier alpha value is -2.98. The highest BCUT2D eigenvalue weighted by atomic mass is 35.5. The molecule has 2 rings (SSSR count). The molecule has 0 aliphatic rings. The van der Waals surface area contributed by atoms with Gasteiger partial charge in [0.05, 0.1) is 16.6 Å². The van der Waals surface area contributed by atoms with E-state index in [4.69, 9.17) is 16.9 Å². The number of nitrogens with zero attached hydrogens (tertiary/aromatic N) is 1. The minimum atomic E-state index is -4.61. The Balaban J connectivity index is 2.12. The fraction of sp³-hybridized carbons (Fsp3) is 0.158. The molecule has 0 radical (unpaired) electrons. The number of carbonyl (C=O) groups is 1. The molecule has 0 aliphatic heterocycles. The van der Waals surface area contributed by atoms with Crippen LogP contribution in [0, 0.1) is 11.3 Å². The molecule has 0 heterocycles. The molecule has 0 bridgehead atoms. The number of halogens is 4. The van der Waals surface area contributed by atoms with Gasteiger partial charge in [-0.25, -0.2) is 0 Å². The quantitative estimate of drug-likeness (QED) is 0.551. The van der Waals surface area contributed by atoms with Crippen molar-refractivity contribution in [1.82, 2.24) is 5.32 Å². The van der Waals surface area contributed by atoms with Gasteiger partial charge in [-0.3, -0.25) is 4.79 Å². The number of carbonyl (C=O) groups excluding carboxylic acids is 1. The van der Waals surface area contributed by atoms with Gasteiger partial charge in [-0.05, 0) is 30.7 Å². The Morgan fingerprint density at radius 1 is 1.22 bits per heavy atom. The second-order valence-corrected chi connectivity index (χ2v) is 6.02. The topological polar surface area (TPSA) is 64.9 Å². The van der Waals surface area contributed by atoms with Gasteiger partial charge < -0.3 is 10.6 Å². The highest BCUT2D eigenvalue weighted by Crippen LogP contribution is 2.36. The van der Waals surface area contributed by atoms with Crippen molar-refractivity contribution in [3.63, 3.8) is 0 Å². The summed E-state index contributed by atoms with van der Waals surface area (Å²) in [5, 5.41) is 13.9. The third-order valence-corrected chi connectivity index (χ3v) is 4.00. The average molecular weight is 394 g/mol. The number of benzene rings is 2. The number of nitriles is 1. The summed E-state index contributed by atoms with van der Waals surface area (Å²) < 4.78 is 38.6. The summed E-state index contributed by atoms with van der Waals surface area (Å²) >= 11 is 5.56. The fourth-order valence-corrected chi connectivity index (χ4v) is 2.46. The van der Waals surface area contributed by atoms with Gasteiger partial charge in [0.1, 0.15) is 11.6 Å². The van der Waals surface area contributed by atoms with Crippen LogP contribution in [0.25, 0.3) is 0 Å². The first-order chi connectivity index (χ1) is 12.7. The van der Waals surface area contributed by atoms with Crippen molar-refractivity contribution in [2.24, 2.45) is 0 Å². The molecule has 0 aromatic heterocycles. The molecule has 2 N–H and O–H groups in total. The van der Waals surface area contributed by atoms with E-state index in [1.54, 1.807) is 13.0 Å². The number of alkyl halides is 3. The second kappa shape index (κ2) is 8.60. The molecule has 0 saturated heterocycles. The molecule has 1 atom stereocenters. The van der Waals surface area contributed by atoms with Crippen LogP contribution in [0.5, 0.6) is 0 Å². The van der Waals surface area contributed by atoms with E-state index in [-0.39, 0.29) is 17.3 Å². The van der Waals surface area contributed by atoms with Crippen LogP contribution in [0.15, 0.2) is 60.3 Å². The summed E-state index contributed by atoms with van der Waals surface area (Å²) in [6.45, 7) is 1.75. The normalized spacial score (nSPS) is 12.8. The molecule has 140 valence electrons. The van der Waals surface area contributed by atoms with E-state index in [0.29, 0.717) is 0 Å². The third kappa shape index (κ3) is 5.50. The van der Waals surface area contributed by atoms with Crippen LogP contribution < -0.4 is 10.6 Å². The minimum absolute atomic E-state index is 0.0448. The zero-order valence-electron chi connectivity index (χ0n) is 14.1. The number of hydrogen-bond donors (Lipinski definition) is 2. The lowest BCUT2D eigenvalue weighted by atomic mass is 10.1. The molecular weight excluding hydrogens is 379 g/mol. The Kier molecular flexibility index (Phi) is 6.48. The van der Waals surface area contributed by atoms with E-state index in [0.717, 1.165) is 23.9 Å². The lowest BCUT2D eigenvalue weighted by molar-refractivity contribution is -0.137. The molecule has 0 fully saturated rings. The van der Waals surface area contributed by atoms with E-state index in [9.17, 15) is 18.0 Å². The smallest absolute Gasteiger partial charge is 0.360 e. The van der Waals surface area contributed by atoms with Crippen LogP contribution in [0.3, 0.4) is 0 Å². The number of amides is 1. The highest BCUT2D eigenvalue weighted by Gasteiger charge is 2.33. The standard InChI is InChI=1S/C19H15ClF3N3O/c1-12(13-5-3-2-4-6-13)26-18(27)14(10-24)11-25-15-7-8-17(20)16(9-15)19(21,22)23/h2-9,11-12,25H,1H3,(H,26,27)/b14-11-. The lowest BCUT2D eigenvalue weighted by Crippen LogP contribution is -2.28. The van der Waals surface area contributed by atoms with E-state index in [2.05, 4.69) is 10.6 Å². The molecule has 2 aromatic carbocycles. The van der Waals surface area contributed by atoms with Gasteiger partial charge in [-0.2, -0.15) is 18.4 Å². The molecule has 0 spiro atoms. The molecule has 4 nitrogen and oxygen atoms in total. The van der Waals surface area contributed by atoms with Crippen LogP contribution >= 0.6 is 11.6 Å². The Morgan fingerprint density at radius 3 is 2.48 bits per heavy atom. The number of nitrogens with one attached hydrogen (secondary N) is 2. The van der Waals surface area contributed by atoms with E-state index < -0.39 is 22.7 Å². The first-order valence-corrected chi connectivity index (χ1v) is 8.19. The second-order valence-electron chi connectivity index (χ2n) is 5.61. The van der Waals surface area contributed by atoms with E-state index in [1.165, 1.54) is 6.07 Å². The van der Waals surface area contributed by atoms with Gasteiger partial charge in [-0.1, -0.05) is 41.9 Å². The maximum Gasteiger partial charge on any atom is 0.417 e. The van der Waals surface area contributed by atoms with Gasteiger partial charge in [-0.15, -0.1) is 0 Å². The molecule has 1 amide bonds. The van der Waals surface area contributed by atoms with E-state index in [1.807, 2.05) is 30.3 Å². The van der Waals surface area contributed by atoms with Crippen molar-refractivity contribution in [2.45, 2.75) is 19.1 Å². The molecule has 27 heavy (non-hydrogen) atoms. The maximum absolute atomic E-state index is 12.9. The van der Waals surface area contributed by atoms with Gasteiger partial charge in [0.25, 0.3) is 5.91 Å². The van der Waals surface area contributed by atoms with Gasteiger partial charge in [0.2, 0.25) is 0 Å². The van der Waals surface area contributed by atoms with Gasteiger partial charge in [0, 0.05) is 11.9 Å². The van der Waals surface area contributed by atoms with Gasteiger partial charge in [0.15, 0.2) is 0 Å². The van der Waals surface area contributed by atoms with Crippen LogP contribution in [-0.2, 0) is 11.0 Å². The summed E-state index contributed by atoms with van der Waals surface area (Å²) in [5.41, 5.74) is -0.392. The van der Waals surface area contributed by atoms with Gasteiger partial charge >= 0.3 is 6.18 Å². The predicted octanol–water partition coefficient (Wildman–Crippen LogP) is 5.06.